The first-order chi connectivity index (χ1) is 8.21. The normalized spacial score (nSPS) is 11.9. The van der Waals surface area contributed by atoms with Gasteiger partial charge in [0.15, 0.2) is 0 Å². The van der Waals surface area contributed by atoms with Gasteiger partial charge >= 0.3 is 5.97 Å². The van der Waals surface area contributed by atoms with Crippen LogP contribution >= 0.6 is 0 Å². The van der Waals surface area contributed by atoms with Crippen molar-refractivity contribution in [3.05, 3.63) is 29.8 Å². The van der Waals surface area contributed by atoms with E-state index in [0.29, 0.717) is 6.42 Å². The Labute approximate surface area is 102 Å². The molecular weight excluding hydrogens is 218 g/mol. The standard InChI is InChI=1S/C13H19NO3/c1-4-12(14-2)13(15)17-9-10-6-5-7-11(8-10)16-3/h5-8,12,14H,4,9H2,1-3H3. The lowest BCUT2D eigenvalue weighted by atomic mass is 10.2. The molecule has 4 heteroatoms. The van der Waals surface area contributed by atoms with Gasteiger partial charge in [-0.05, 0) is 31.2 Å². The number of hydrogen-bond donors (Lipinski definition) is 1. The van der Waals surface area contributed by atoms with E-state index in [-0.39, 0.29) is 18.6 Å². The summed E-state index contributed by atoms with van der Waals surface area (Å²) in [7, 11) is 3.36. The molecule has 1 N–H and O–H groups in total. The fourth-order valence-corrected chi connectivity index (χ4v) is 1.51. The van der Waals surface area contributed by atoms with Gasteiger partial charge in [-0.15, -0.1) is 0 Å². The fraction of sp³-hybridized carbons (Fsp3) is 0.462. The number of methoxy groups -OCH3 is 1. The van der Waals surface area contributed by atoms with Crippen molar-refractivity contribution in [2.45, 2.75) is 26.0 Å². The van der Waals surface area contributed by atoms with Crippen molar-refractivity contribution in [2.24, 2.45) is 0 Å². The van der Waals surface area contributed by atoms with E-state index in [0.717, 1.165) is 11.3 Å². The summed E-state index contributed by atoms with van der Waals surface area (Å²) in [5.41, 5.74) is 0.920. The highest BCUT2D eigenvalue weighted by atomic mass is 16.5. The smallest absolute Gasteiger partial charge is 0.323 e. The zero-order chi connectivity index (χ0) is 12.7. The van der Waals surface area contributed by atoms with Gasteiger partial charge < -0.3 is 14.8 Å². The monoisotopic (exact) mass is 237 g/mol. The van der Waals surface area contributed by atoms with E-state index in [4.69, 9.17) is 9.47 Å². The molecule has 1 unspecified atom stereocenters. The van der Waals surface area contributed by atoms with Gasteiger partial charge in [0, 0.05) is 0 Å². The lowest BCUT2D eigenvalue weighted by Crippen LogP contribution is -2.34. The number of benzene rings is 1. The van der Waals surface area contributed by atoms with Gasteiger partial charge in [0.2, 0.25) is 0 Å². The Hall–Kier alpha value is -1.55. The van der Waals surface area contributed by atoms with E-state index in [1.165, 1.54) is 0 Å². The molecule has 94 valence electrons. The molecule has 0 spiro atoms. The molecule has 0 aliphatic heterocycles. The summed E-state index contributed by atoms with van der Waals surface area (Å²) in [6, 6.07) is 7.25. The van der Waals surface area contributed by atoms with Gasteiger partial charge in [0.1, 0.15) is 18.4 Å². The van der Waals surface area contributed by atoms with Crippen LogP contribution in [0.1, 0.15) is 18.9 Å². The predicted molar refractivity (Wildman–Crippen MR) is 65.9 cm³/mol. The average molecular weight is 237 g/mol. The molecule has 0 radical (unpaired) electrons. The van der Waals surface area contributed by atoms with E-state index in [2.05, 4.69) is 5.32 Å². The van der Waals surface area contributed by atoms with Crippen LogP contribution in [0.2, 0.25) is 0 Å². The van der Waals surface area contributed by atoms with Gasteiger partial charge in [-0.1, -0.05) is 19.1 Å². The quantitative estimate of drug-likeness (QED) is 0.765. The van der Waals surface area contributed by atoms with Crippen molar-refractivity contribution >= 4 is 5.97 Å². The summed E-state index contributed by atoms with van der Waals surface area (Å²) in [4.78, 5) is 11.6. The van der Waals surface area contributed by atoms with Gasteiger partial charge in [0.05, 0.1) is 7.11 Å². The first-order valence-corrected chi connectivity index (χ1v) is 5.68. The van der Waals surface area contributed by atoms with Crippen LogP contribution in [0.3, 0.4) is 0 Å². The summed E-state index contributed by atoms with van der Waals surface area (Å²) in [5, 5.41) is 2.91. The molecule has 0 saturated heterocycles. The molecule has 1 atom stereocenters. The van der Waals surface area contributed by atoms with Crippen LogP contribution in [0.25, 0.3) is 0 Å². The molecule has 4 nitrogen and oxygen atoms in total. The van der Waals surface area contributed by atoms with Crippen molar-refractivity contribution in [1.29, 1.82) is 0 Å². The van der Waals surface area contributed by atoms with Gasteiger partial charge in [-0.25, -0.2) is 0 Å². The number of carbonyl (C=O) groups is 1. The number of rotatable bonds is 6. The molecule has 0 fully saturated rings. The first-order valence-electron chi connectivity index (χ1n) is 5.68. The lowest BCUT2D eigenvalue weighted by Gasteiger charge is -2.13. The zero-order valence-electron chi connectivity index (χ0n) is 10.5. The number of nitrogens with one attached hydrogen (secondary N) is 1. The number of esters is 1. The Morgan fingerprint density at radius 3 is 2.82 bits per heavy atom. The molecule has 0 aromatic heterocycles. The molecular formula is C13H19NO3. The van der Waals surface area contributed by atoms with Crippen LogP contribution in [-0.4, -0.2) is 26.2 Å². The van der Waals surface area contributed by atoms with E-state index >= 15 is 0 Å². The van der Waals surface area contributed by atoms with Crippen molar-refractivity contribution in [3.63, 3.8) is 0 Å². The minimum absolute atomic E-state index is 0.224. The number of ether oxygens (including phenoxy) is 2. The minimum Gasteiger partial charge on any atom is -0.497 e. The molecule has 1 rings (SSSR count). The highest BCUT2D eigenvalue weighted by Crippen LogP contribution is 2.13. The second-order valence-corrected chi connectivity index (χ2v) is 3.71. The van der Waals surface area contributed by atoms with Crippen molar-refractivity contribution < 1.29 is 14.3 Å². The third-order valence-corrected chi connectivity index (χ3v) is 2.56. The molecule has 0 aliphatic carbocycles. The van der Waals surface area contributed by atoms with Crippen LogP contribution in [0.15, 0.2) is 24.3 Å². The maximum atomic E-state index is 11.6. The van der Waals surface area contributed by atoms with E-state index in [1.54, 1.807) is 14.2 Å². The highest BCUT2D eigenvalue weighted by molar-refractivity contribution is 5.75. The minimum atomic E-state index is -0.236. The van der Waals surface area contributed by atoms with E-state index in [1.807, 2.05) is 31.2 Å². The summed E-state index contributed by atoms with van der Waals surface area (Å²) in [6.45, 7) is 2.21. The van der Waals surface area contributed by atoms with E-state index in [9.17, 15) is 4.79 Å². The maximum absolute atomic E-state index is 11.6. The molecule has 0 saturated carbocycles. The van der Waals surface area contributed by atoms with Gasteiger partial charge in [-0.3, -0.25) is 4.79 Å². The SMILES string of the molecule is CCC(NC)C(=O)OCc1cccc(OC)c1. The number of hydrogen-bond acceptors (Lipinski definition) is 4. The first kappa shape index (κ1) is 13.5. The molecule has 17 heavy (non-hydrogen) atoms. The lowest BCUT2D eigenvalue weighted by molar-refractivity contribution is -0.147. The maximum Gasteiger partial charge on any atom is 0.323 e. The van der Waals surface area contributed by atoms with Crippen LogP contribution in [0.4, 0.5) is 0 Å². The highest BCUT2D eigenvalue weighted by Gasteiger charge is 2.15. The largest absolute Gasteiger partial charge is 0.497 e. The molecule has 0 heterocycles. The topological polar surface area (TPSA) is 47.6 Å². The molecule has 1 aromatic carbocycles. The summed E-state index contributed by atoms with van der Waals surface area (Å²) >= 11 is 0. The third-order valence-electron chi connectivity index (χ3n) is 2.56. The summed E-state index contributed by atoms with van der Waals surface area (Å²) < 4.78 is 10.3. The van der Waals surface area contributed by atoms with Crippen molar-refractivity contribution in [3.8, 4) is 5.75 Å². The predicted octanol–water partition coefficient (Wildman–Crippen LogP) is 1.74. The molecule has 0 amide bonds. The summed E-state index contributed by atoms with van der Waals surface area (Å²) in [5.74, 6) is 0.539. The molecule has 1 aromatic rings. The van der Waals surface area contributed by atoms with Gasteiger partial charge in [0.25, 0.3) is 0 Å². The number of likely N-dealkylation sites (N-methyl/N-ethyl adjacent to an activating group) is 1. The second kappa shape index (κ2) is 6.91. The van der Waals surface area contributed by atoms with Crippen LogP contribution in [0.5, 0.6) is 5.75 Å². The summed E-state index contributed by atoms with van der Waals surface area (Å²) in [6.07, 6.45) is 0.716. The second-order valence-electron chi connectivity index (χ2n) is 3.71. The Morgan fingerprint density at radius 2 is 2.24 bits per heavy atom. The average Bonchev–Trinajstić information content (AvgIpc) is 2.38. The van der Waals surface area contributed by atoms with Crippen LogP contribution in [0, 0.1) is 0 Å². The fourth-order valence-electron chi connectivity index (χ4n) is 1.51. The van der Waals surface area contributed by atoms with Crippen molar-refractivity contribution in [1.82, 2.24) is 5.32 Å². The molecule has 0 bridgehead atoms. The Balaban J connectivity index is 2.52. The third kappa shape index (κ3) is 4.07. The number of carbonyl (C=O) groups excluding carboxylic acids is 1. The van der Waals surface area contributed by atoms with Gasteiger partial charge in [-0.2, -0.15) is 0 Å². The van der Waals surface area contributed by atoms with E-state index < -0.39 is 0 Å². The Kier molecular flexibility index (Phi) is 5.49. The Morgan fingerprint density at radius 1 is 1.47 bits per heavy atom. The zero-order valence-corrected chi connectivity index (χ0v) is 10.5. The van der Waals surface area contributed by atoms with Crippen LogP contribution < -0.4 is 10.1 Å². The Bertz CT molecular complexity index is 361. The van der Waals surface area contributed by atoms with Crippen molar-refractivity contribution in [2.75, 3.05) is 14.2 Å². The molecule has 0 aliphatic rings. The van der Waals surface area contributed by atoms with Crippen LogP contribution in [-0.2, 0) is 16.1 Å².